The summed E-state index contributed by atoms with van der Waals surface area (Å²) in [7, 11) is 0. The molecular weight excluding hydrogens is 316 g/mol. The third kappa shape index (κ3) is 4.24. The molecule has 0 amide bonds. The molecule has 3 rings (SSSR count). The average Bonchev–Trinajstić information content (AvgIpc) is 2.52. The number of hydrogen-bond donors (Lipinski definition) is 0. The molecule has 0 fully saturated rings. The van der Waals surface area contributed by atoms with Gasteiger partial charge in [-0.2, -0.15) is 0 Å². The van der Waals surface area contributed by atoms with Crippen molar-refractivity contribution < 1.29 is 9.53 Å². The number of rotatable bonds is 4. The summed E-state index contributed by atoms with van der Waals surface area (Å²) in [6.07, 6.45) is 16.4. The number of ether oxygens (including phenoxy) is 1. The van der Waals surface area contributed by atoms with Gasteiger partial charge in [0.1, 0.15) is 5.60 Å². The van der Waals surface area contributed by atoms with E-state index in [0.717, 1.165) is 5.75 Å². The lowest BCUT2D eigenvalue weighted by atomic mass is 9.69. The first-order valence-corrected chi connectivity index (χ1v) is 10.2. The van der Waals surface area contributed by atoms with Crippen LogP contribution in [0.1, 0.15) is 46.5 Å². The van der Waals surface area contributed by atoms with Gasteiger partial charge in [0.05, 0.1) is 5.75 Å². The molecule has 2 atom stereocenters. The lowest BCUT2D eigenvalue weighted by Gasteiger charge is -2.37. The maximum Gasteiger partial charge on any atom is 0.316 e. The van der Waals surface area contributed by atoms with E-state index in [0.29, 0.717) is 17.6 Å². The smallest absolute Gasteiger partial charge is 0.316 e. The Labute approximate surface area is 150 Å². The van der Waals surface area contributed by atoms with Gasteiger partial charge in [-0.3, -0.25) is 4.79 Å². The van der Waals surface area contributed by atoms with E-state index in [1.165, 1.54) is 42.4 Å². The van der Waals surface area contributed by atoms with Crippen LogP contribution in [-0.2, 0) is 9.53 Å². The maximum atomic E-state index is 12.0. The van der Waals surface area contributed by atoms with E-state index in [4.69, 9.17) is 4.74 Å². The van der Waals surface area contributed by atoms with Gasteiger partial charge in [-0.15, -0.1) is 11.8 Å². The summed E-state index contributed by atoms with van der Waals surface area (Å²) in [5.41, 5.74) is 4.11. The summed E-state index contributed by atoms with van der Waals surface area (Å²) in [5, 5.41) is 0. The normalized spacial score (nSPS) is 25.9. The highest BCUT2D eigenvalue weighted by Crippen LogP contribution is 2.45. The van der Waals surface area contributed by atoms with Crippen molar-refractivity contribution in [3.05, 3.63) is 47.1 Å². The fourth-order valence-electron chi connectivity index (χ4n) is 3.92. The summed E-state index contributed by atoms with van der Waals surface area (Å²) in [4.78, 5) is 12.0. The number of carbonyl (C=O) groups excluding carboxylic acids is 1. The van der Waals surface area contributed by atoms with Crippen LogP contribution in [0.3, 0.4) is 0 Å². The van der Waals surface area contributed by atoms with Gasteiger partial charge in [0.15, 0.2) is 0 Å². The molecule has 2 nitrogen and oxygen atoms in total. The molecule has 0 saturated carbocycles. The van der Waals surface area contributed by atoms with Crippen molar-refractivity contribution in [1.29, 1.82) is 0 Å². The molecule has 0 bridgehead atoms. The molecule has 0 N–H and O–H groups in total. The van der Waals surface area contributed by atoms with Crippen molar-refractivity contribution >= 4 is 17.7 Å². The molecule has 0 heterocycles. The lowest BCUT2D eigenvalue weighted by molar-refractivity contribution is -0.151. The van der Waals surface area contributed by atoms with Gasteiger partial charge in [0.25, 0.3) is 0 Å². The highest BCUT2D eigenvalue weighted by molar-refractivity contribution is 8.00. The lowest BCUT2D eigenvalue weighted by Crippen LogP contribution is -2.26. The molecule has 0 radical (unpaired) electrons. The minimum absolute atomic E-state index is 0.112. The van der Waals surface area contributed by atoms with Crippen molar-refractivity contribution in [3.63, 3.8) is 0 Å². The van der Waals surface area contributed by atoms with E-state index in [1.54, 1.807) is 11.8 Å². The van der Waals surface area contributed by atoms with Crippen LogP contribution in [-0.4, -0.2) is 23.1 Å². The third-order valence-electron chi connectivity index (χ3n) is 4.84. The first-order chi connectivity index (χ1) is 11.4. The van der Waals surface area contributed by atoms with Crippen LogP contribution in [0, 0.1) is 11.8 Å². The Morgan fingerprint density at radius 1 is 1.29 bits per heavy atom. The van der Waals surface area contributed by atoms with Gasteiger partial charge in [-0.1, -0.05) is 30.4 Å². The van der Waals surface area contributed by atoms with Crippen LogP contribution >= 0.6 is 11.8 Å². The van der Waals surface area contributed by atoms with Crippen molar-refractivity contribution in [3.8, 4) is 0 Å². The van der Waals surface area contributed by atoms with E-state index in [-0.39, 0.29) is 5.97 Å². The molecule has 130 valence electrons. The number of hydrogen-bond acceptors (Lipinski definition) is 3. The van der Waals surface area contributed by atoms with E-state index in [1.807, 2.05) is 20.8 Å². The van der Waals surface area contributed by atoms with Crippen LogP contribution in [0.2, 0.25) is 0 Å². The molecule has 0 saturated heterocycles. The predicted octanol–water partition coefficient (Wildman–Crippen LogP) is 5.23. The number of allylic oxidation sites excluding steroid dienone is 7. The molecule has 0 aromatic rings. The quantitative estimate of drug-likeness (QED) is 0.653. The minimum atomic E-state index is -0.399. The Bertz CT molecular complexity index is 616. The van der Waals surface area contributed by atoms with E-state index in [9.17, 15) is 4.79 Å². The number of esters is 1. The standard InChI is InChI=1S/C21H28O2S/c1-21(2,3)23-20(22)14-24-13-19-17-10-6-4-8-15(17)12-16-9-5-7-11-18(16)19/h4,6-7,10-11,15-16H,5,8-9,12-14H2,1-3H3. The number of thioether (sulfide) groups is 1. The second-order valence-electron chi connectivity index (χ2n) is 7.91. The summed E-state index contributed by atoms with van der Waals surface area (Å²) in [5.74, 6) is 2.61. The van der Waals surface area contributed by atoms with E-state index >= 15 is 0 Å². The molecular formula is C21H28O2S. The predicted molar refractivity (Wildman–Crippen MR) is 102 cm³/mol. The van der Waals surface area contributed by atoms with Gasteiger partial charge in [0.2, 0.25) is 0 Å². The van der Waals surface area contributed by atoms with Crippen LogP contribution in [0.5, 0.6) is 0 Å². The average molecular weight is 345 g/mol. The Hall–Kier alpha value is -1.22. The molecule has 0 spiro atoms. The topological polar surface area (TPSA) is 26.3 Å². The Morgan fingerprint density at radius 2 is 2.12 bits per heavy atom. The van der Waals surface area contributed by atoms with Gasteiger partial charge >= 0.3 is 5.97 Å². The van der Waals surface area contributed by atoms with Crippen molar-refractivity contribution in [2.45, 2.75) is 52.1 Å². The zero-order chi connectivity index (χ0) is 17.2. The Morgan fingerprint density at radius 3 is 2.92 bits per heavy atom. The molecule has 3 aliphatic rings. The maximum absolute atomic E-state index is 12.0. The summed E-state index contributed by atoms with van der Waals surface area (Å²) < 4.78 is 5.42. The van der Waals surface area contributed by atoms with Crippen molar-refractivity contribution in [1.82, 2.24) is 0 Å². The van der Waals surface area contributed by atoms with Gasteiger partial charge in [-0.25, -0.2) is 0 Å². The monoisotopic (exact) mass is 344 g/mol. The first kappa shape index (κ1) is 17.6. The SMILES string of the molecule is CC(C)(C)OC(=O)CSCC1=C2C=CCCC2CC2CC=CC=C12. The minimum Gasteiger partial charge on any atom is -0.459 e. The molecule has 3 aliphatic carbocycles. The van der Waals surface area contributed by atoms with Gasteiger partial charge in [0, 0.05) is 5.75 Å². The largest absolute Gasteiger partial charge is 0.459 e. The van der Waals surface area contributed by atoms with Crippen LogP contribution in [0.15, 0.2) is 47.1 Å². The highest BCUT2D eigenvalue weighted by Gasteiger charge is 2.32. The molecule has 2 unspecified atom stereocenters. The molecule has 24 heavy (non-hydrogen) atoms. The second kappa shape index (κ2) is 7.35. The first-order valence-electron chi connectivity index (χ1n) is 9.00. The summed E-state index contributed by atoms with van der Waals surface area (Å²) >= 11 is 1.69. The zero-order valence-corrected chi connectivity index (χ0v) is 15.8. The molecule has 0 aliphatic heterocycles. The summed E-state index contributed by atoms with van der Waals surface area (Å²) in [6, 6.07) is 0. The second-order valence-corrected chi connectivity index (χ2v) is 8.89. The highest BCUT2D eigenvalue weighted by atomic mass is 32.2. The fraction of sp³-hybridized carbons (Fsp3) is 0.571. The van der Waals surface area contributed by atoms with Crippen LogP contribution in [0.25, 0.3) is 0 Å². The van der Waals surface area contributed by atoms with Crippen molar-refractivity contribution in [2.24, 2.45) is 11.8 Å². The van der Waals surface area contributed by atoms with E-state index in [2.05, 4.69) is 30.4 Å². The van der Waals surface area contributed by atoms with Crippen LogP contribution < -0.4 is 0 Å². The Balaban J connectivity index is 1.71. The fourth-order valence-corrected chi connectivity index (χ4v) is 4.79. The molecule has 0 aromatic heterocycles. The Kier molecular flexibility index (Phi) is 5.39. The van der Waals surface area contributed by atoms with Gasteiger partial charge < -0.3 is 4.74 Å². The number of fused-ring (bicyclic) bond motifs is 2. The van der Waals surface area contributed by atoms with Gasteiger partial charge in [-0.05, 0) is 75.0 Å². The summed E-state index contributed by atoms with van der Waals surface area (Å²) in [6.45, 7) is 5.76. The molecule has 0 aromatic carbocycles. The van der Waals surface area contributed by atoms with Crippen LogP contribution in [0.4, 0.5) is 0 Å². The third-order valence-corrected chi connectivity index (χ3v) is 5.78. The van der Waals surface area contributed by atoms with E-state index < -0.39 is 5.60 Å². The molecule has 3 heteroatoms. The van der Waals surface area contributed by atoms with Crippen molar-refractivity contribution in [2.75, 3.05) is 11.5 Å². The number of carbonyl (C=O) groups is 1. The zero-order valence-electron chi connectivity index (χ0n) is 15.0.